The number of hydrogen-bond donors (Lipinski definition) is 0. The topological polar surface area (TPSA) is 35.3 Å². The molecule has 0 unspecified atom stereocenters. The maximum Gasteiger partial charge on any atom is 0.162 e. The molecule has 3 rings (SSSR count). The van der Waals surface area contributed by atoms with Gasteiger partial charge in [-0.15, -0.1) is 11.3 Å². The van der Waals surface area contributed by atoms with E-state index in [1.165, 1.54) is 5.56 Å². The van der Waals surface area contributed by atoms with Crippen molar-refractivity contribution in [1.82, 2.24) is 4.98 Å². The lowest BCUT2D eigenvalue weighted by molar-refractivity contribution is 0.414. The summed E-state index contributed by atoms with van der Waals surface area (Å²) in [5.74, 6) is 3.59. The maximum atomic E-state index is 5.36. The van der Waals surface area contributed by atoms with Crippen LogP contribution in [-0.4, -0.2) is 12.1 Å². The Morgan fingerprint density at radius 3 is 3.00 bits per heavy atom. The first-order valence-electron chi connectivity index (χ1n) is 6.54. The Morgan fingerprint density at radius 1 is 1.24 bits per heavy atom. The molecule has 1 aromatic carbocycles. The van der Waals surface area contributed by atoms with Crippen molar-refractivity contribution in [3.8, 4) is 16.5 Å². The SMILES string of the molecule is COc1cccc(CSCc2csc(-c3ccco3)n2)c1. The van der Waals surface area contributed by atoms with Crippen LogP contribution in [0.4, 0.5) is 0 Å². The predicted molar refractivity (Wildman–Crippen MR) is 87.8 cm³/mol. The molecule has 0 fully saturated rings. The lowest BCUT2D eigenvalue weighted by atomic mass is 10.2. The molecule has 0 bridgehead atoms. The van der Waals surface area contributed by atoms with Gasteiger partial charge in [0.2, 0.25) is 0 Å². The normalized spacial score (nSPS) is 10.7. The molecule has 0 atom stereocenters. The van der Waals surface area contributed by atoms with Crippen molar-refractivity contribution in [2.75, 3.05) is 7.11 Å². The highest BCUT2D eigenvalue weighted by molar-refractivity contribution is 7.97. The maximum absolute atomic E-state index is 5.36. The van der Waals surface area contributed by atoms with Crippen molar-refractivity contribution < 1.29 is 9.15 Å². The second-order valence-corrected chi connectivity index (χ2v) is 6.31. The van der Waals surface area contributed by atoms with Crippen molar-refractivity contribution in [1.29, 1.82) is 0 Å². The largest absolute Gasteiger partial charge is 0.497 e. The third kappa shape index (κ3) is 3.68. The number of methoxy groups -OCH3 is 1. The summed E-state index contributed by atoms with van der Waals surface area (Å²) in [6.07, 6.45) is 1.67. The van der Waals surface area contributed by atoms with Gasteiger partial charge in [-0.05, 0) is 29.8 Å². The van der Waals surface area contributed by atoms with Gasteiger partial charge in [0.25, 0.3) is 0 Å². The second-order valence-electron chi connectivity index (χ2n) is 4.47. The fourth-order valence-electron chi connectivity index (χ4n) is 1.92. The summed E-state index contributed by atoms with van der Waals surface area (Å²) >= 11 is 3.47. The lowest BCUT2D eigenvalue weighted by Crippen LogP contribution is -1.87. The fraction of sp³-hybridized carbons (Fsp3) is 0.188. The summed E-state index contributed by atoms with van der Waals surface area (Å²) in [7, 11) is 1.69. The minimum atomic E-state index is 0.837. The van der Waals surface area contributed by atoms with E-state index in [4.69, 9.17) is 9.15 Å². The smallest absolute Gasteiger partial charge is 0.162 e. The van der Waals surface area contributed by atoms with Gasteiger partial charge in [-0.1, -0.05) is 12.1 Å². The Morgan fingerprint density at radius 2 is 2.19 bits per heavy atom. The molecule has 0 saturated heterocycles. The van der Waals surface area contributed by atoms with Gasteiger partial charge >= 0.3 is 0 Å². The number of nitrogens with zero attached hydrogens (tertiary/aromatic N) is 1. The molecule has 3 aromatic rings. The first-order chi connectivity index (χ1) is 10.3. The average molecular weight is 317 g/mol. The highest BCUT2D eigenvalue weighted by atomic mass is 32.2. The molecular formula is C16H15NO2S2. The summed E-state index contributed by atoms with van der Waals surface area (Å²) in [6, 6.07) is 12.0. The lowest BCUT2D eigenvalue weighted by Gasteiger charge is -2.03. The fourth-order valence-corrected chi connectivity index (χ4v) is 3.69. The molecule has 3 nitrogen and oxygen atoms in total. The minimum Gasteiger partial charge on any atom is -0.497 e. The second kappa shape index (κ2) is 6.83. The number of thioether (sulfide) groups is 1. The molecule has 21 heavy (non-hydrogen) atoms. The molecule has 0 amide bonds. The van der Waals surface area contributed by atoms with Crippen molar-refractivity contribution >= 4 is 23.1 Å². The number of rotatable bonds is 6. The average Bonchev–Trinajstić information content (AvgIpc) is 3.18. The van der Waals surface area contributed by atoms with Crippen LogP contribution in [0.1, 0.15) is 11.3 Å². The highest BCUT2D eigenvalue weighted by Crippen LogP contribution is 2.27. The van der Waals surface area contributed by atoms with Crippen molar-refractivity contribution in [3.05, 3.63) is 59.3 Å². The third-order valence-electron chi connectivity index (χ3n) is 2.94. The first-order valence-corrected chi connectivity index (χ1v) is 8.57. The molecular weight excluding hydrogens is 302 g/mol. The van der Waals surface area contributed by atoms with Crippen molar-refractivity contribution in [2.24, 2.45) is 0 Å². The van der Waals surface area contributed by atoms with E-state index in [9.17, 15) is 0 Å². The number of benzene rings is 1. The Labute approximate surface area is 132 Å². The summed E-state index contributed by atoms with van der Waals surface area (Å²) in [4.78, 5) is 4.60. The van der Waals surface area contributed by atoms with Gasteiger partial charge in [0.15, 0.2) is 10.8 Å². The zero-order valence-corrected chi connectivity index (χ0v) is 13.2. The van der Waals surface area contributed by atoms with Crippen LogP contribution < -0.4 is 4.74 Å². The number of hydrogen-bond acceptors (Lipinski definition) is 5. The van der Waals surface area contributed by atoms with E-state index < -0.39 is 0 Å². The van der Waals surface area contributed by atoms with E-state index in [1.54, 1.807) is 24.7 Å². The van der Waals surface area contributed by atoms with Crippen LogP contribution >= 0.6 is 23.1 Å². The van der Waals surface area contributed by atoms with Crippen LogP contribution in [0.15, 0.2) is 52.5 Å². The summed E-state index contributed by atoms with van der Waals surface area (Å²) in [5.41, 5.74) is 2.36. The molecule has 0 aliphatic heterocycles. The zero-order valence-electron chi connectivity index (χ0n) is 11.6. The Balaban J connectivity index is 1.56. The van der Waals surface area contributed by atoms with Crippen LogP contribution in [0.25, 0.3) is 10.8 Å². The molecule has 0 saturated carbocycles. The first kappa shape index (κ1) is 14.2. The zero-order chi connectivity index (χ0) is 14.5. The molecule has 0 aliphatic carbocycles. The highest BCUT2D eigenvalue weighted by Gasteiger charge is 2.07. The quantitative estimate of drug-likeness (QED) is 0.651. The van der Waals surface area contributed by atoms with Gasteiger partial charge in [0.05, 0.1) is 19.1 Å². The molecule has 5 heteroatoms. The van der Waals surface area contributed by atoms with Gasteiger partial charge in [-0.25, -0.2) is 4.98 Å². The van der Waals surface area contributed by atoms with Crippen LogP contribution in [0.3, 0.4) is 0 Å². The minimum absolute atomic E-state index is 0.837. The van der Waals surface area contributed by atoms with Gasteiger partial charge < -0.3 is 9.15 Å². The van der Waals surface area contributed by atoms with Gasteiger partial charge in [-0.3, -0.25) is 0 Å². The van der Waals surface area contributed by atoms with Gasteiger partial charge in [0.1, 0.15) is 5.75 Å². The van der Waals surface area contributed by atoms with E-state index in [-0.39, 0.29) is 0 Å². The monoisotopic (exact) mass is 317 g/mol. The van der Waals surface area contributed by atoms with E-state index >= 15 is 0 Å². The van der Waals surface area contributed by atoms with Gasteiger partial charge in [0, 0.05) is 16.9 Å². The van der Waals surface area contributed by atoms with Crippen LogP contribution in [0, 0.1) is 0 Å². The summed E-state index contributed by atoms with van der Waals surface area (Å²) in [5, 5.41) is 3.04. The van der Waals surface area contributed by atoms with Crippen molar-refractivity contribution in [3.63, 3.8) is 0 Å². The van der Waals surface area contributed by atoms with E-state index in [2.05, 4.69) is 22.5 Å². The Hall–Kier alpha value is -1.72. The Bertz CT molecular complexity index is 692. The number of thiazole rings is 1. The molecule has 0 spiro atoms. The molecule has 0 N–H and O–H groups in total. The summed E-state index contributed by atoms with van der Waals surface area (Å²) in [6.45, 7) is 0. The molecule has 2 heterocycles. The predicted octanol–water partition coefficient (Wildman–Crippen LogP) is 4.85. The number of ether oxygens (including phenoxy) is 1. The molecule has 0 aliphatic rings. The van der Waals surface area contributed by atoms with E-state index in [0.717, 1.165) is 33.7 Å². The van der Waals surface area contributed by atoms with Crippen LogP contribution in [0.2, 0.25) is 0 Å². The standard InChI is InChI=1S/C16H15NO2S2/c1-18-14-5-2-4-12(8-14)9-20-10-13-11-21-16(17-13)15-6-3-7-19-15/h2-8,11H,9-10H2,1H3. The molecule has 108 valence electrons. The van der Waals surface area contributed by atoms with E-state index in [0.29, 0.717) is 0 Å². The summed E-state index contributed by atoms with van der Waals surface area (Å²) < 4.78 is 10.6. The van der Waals surface area contributed by atoms with Crippen molar-refractivity contribution in [2.45, 2.75) is 11.5 Å². The third-order valence-corrected chi connectivity index (χ3v) is 4.88. The number of furan rings is 1. The Kier molecular flexibility index (Phi) is 4.62. The number of aromatic nitrogens is 1. The molecule has 2 aromatic heterocycles. The molecule has 0 radical (unpaired) electrons. The van der Waals surface area contributed by atoms with Crippen LogP contribution in [0.5, 0.6) is 5.75 Å². The van der Waals surface area contributed by atoms with E-state index in [1.807, 2.05) is 36.0 Å². The van der Waals surface area contributed by atoms with Crippen LogP contribution in [-0.2, 0) is 11.5 Å². The van der Waals surface area contributed by atoms with Gasteiger partial charge in [-0.2, -0.15) is 11.8 Å².